The largest absolute Gasteiger partial charge is 0.465 e. The molecule has 1 amide bonds. The molecule has 2 unspecified atom stereocenters. The number of hydrogen-bond acceptors (Lipinski definition) is 2. The molecule has 4 nitrogen and oxygen atoms in total. The maximum Gasteiger partial charge on any atom is 0.408 e. The second kappa shape index (κ2) is 3.11. The van der Waals surface area contributed by atoms with E-state index in [4.69, 9.17) is 0 Å². The molecular formula is C11H20N2O2. The van der Waals surface area contributed by atoms with Crippen molar-refractivity contribution in [3.05, 3.63) is 0 Å². The van der Waals surface area contributed by atoms with Gasteiger partial charge < -0.3 is 10.4 Å². The summed E-state index contributed by atoms with van der Waals surface area (Å²) in [7, 11) is 0. The molecule has 2 atom stereocenters. The van der Waals surface area contributed by atoms with Gasteiger partial charge in [0.25, 0.3) is 0 Å². The molecule has 0 aromatic rings. The fourth-order valence-electron chi connectivity index (χ4n) is 3.16. The van der Waals surface area contributed by atoms with Gasteiger partial charge in [0.05, 0.1) is 5.54 Å². The van der Waals surface area contributed by atoms with Crippen LogP contribution in [0.4, 0.5) is 4.79 Å². The number of carboxylic acid groups (broad SMARTS) is 1. The van der Waals surface area contributed by atoms with E-state index >= 15 is 0 Å². The molecule has 0 aromatic heterocycles. The van der Waals surface area contributed by atoms with E-state index < -0.39 is 6.09 Å². The van der Waals surface area contributed by atoms with Crippen LogP contribution in [0.25, 0.3) is 0 Å². The molecule has 0 radical (unpaired) electrons. The highest BCUT2D eigenvalue weighted by Gasteiger charge is 2.57. The van der Waals surface area contributed by atoms with Crippen LogP contribution in [0.2, 0.25) is 0 Å². The highest BCUT2D eigenvalue weighted by atomic mass is 16.4. The number of hydrogen-bond donors (Lipinski definition) is 2. The zero-order valence-electron chi connectivity index (χ0n) is 9.71. The zero-order valence-corrected chi connectivity index (χ0v) is 9.71. The Morgan fingerprint density at radius 3 is 2.67 bits per heavy atom. The summed E-state index contributed by atoms with van der Waals surface area (Å²) in [5, 5.41) is 12.7. The van der Waals surface area contributed by atoms with Crippen molar-refractivity contribution in [1.82, 2.24) is 10.2 Å². The minimum atomic E-state index is -0.756. The number of amides is 1. The number of piperazine rings is 1. The van der Waals surface area contributed by atoms with Crippen molar-refractivity contribution < 1.29 is 9.90 Å². The van der Waals surface area contributed by atoms with Gasteiger partial charge in [-0.3, -0.25) is 4.90 Å². The van der Waals surface area contributed by atoms with Crippen LogP contribution in [0.15, 0.2) is 0 Å². The van der Waals surface area contributed by atoms with Crippen LogP contribution < -0.4 is 5.32 Å². The average Bonchev–Trinajstić information content (AvgIpc) is 2.34. The molecular weight excluding hydrogens is 192 g/mol. The van der Waals surface area contributed by atoms with E-state index in [0.29, 0.717) is 0 Å². The lowest BCUT2D eigenvalue weighted by Crippen LogP contribution is -2.67. The van der Waals surface area contributed by atoms with Gasteiger partial charge in [-0.25, -0.2) is 4.79 Å². The summed E-state index contributed by atoms with van der Waals surface area (Å²) >= 11 is 0. The van der Waals surface area contributed by atoms with Crippen molar-refractivity contribution in [3.63, 3.8) is 0 Å². The molecule has 15 heavy (non-hydrogen) atoms. The summed E-state index contributed by atoms with van der Waals surface area (Å²) in [4.78, 5) is 13.1. The molecule has 2 rings (SSSR count). The zero-order chi connectivity index (χ0) is 11.3. The molecule has 2 aliphatic heterocycles. The Morgan fingerprint density at radius 2 is 2.20 bits per heavy atom. The maximum atomic E-state index is 11.4. The van der Waals surface area contributed by atoms with Crippen molar-refractivity contribution in [2.75, 3.05) is 13.1 Å². The number of rotatable bonds is 0. The van der Waals surface area contributed by atoms with E-state index in [-0.39, 0.29) is 17.0 Å². The lowest BCUT2D eigenvalue weighted by atomic mass is 9.71. The van der Waals surface area contributed by atoms with E-state index in [1.165, 1.54) is 0 Å². The molecule has 86 valence electrons. The molecule has 0 aliphatic carbocycles. The predicted octanol–water partition coefficient (Wildman–Crippen LogP) is 1.52. The van der Waals surface area contributed by atoms with Gasteiger partial charge in [-0.05, 0) is 18.3 Å². The van der Waals surface area contributed by atoms with Crippen LogP contribution in [0.1, 0.15) is 33.6 Å². The van der Waals surface area contributed by atoms with Crippen LogP contribution in [0.5, 0.6) is 0 Å². The third kappa shape index (κ3) is 1.34. The van der Waals surface area contributed by atoms with Crippen molar-refractivity contribution in [2.24, 2.45) is 5.41 Å². The summed E-state index contributed by atoms with van der Waals surface area (Å²) in [6.07, 6.45) is 1.23. The van der Waals surface area contributed by atoms with Gasteiger partial charge in [0.1, 0.15) is 0 Å². The van der Waals surface area contributed by atoms with Crippen molar-refractivity contribution in [2.45, 2.75) is 45.2 Å². The molecule has 2 fully saturated rings. The average molecular weight is 212 g/mol. The predicted molar refractivity (Wildman–Crippen MR) is 57.9 cm³/mol. The lowest BCUT2D eigenvalue weighted by molar-refractivity contribution is -0.00326. The number of nitrogens with one attached hydrogen (secondary N) is 1. The van der Waals surface area contributed by atoms with E-state index in [1.807, 2.05) is 0 Å². The first-order valence-electron chi connectivity index (χ1n) is 5.61. The van der Waals surface area contributed by atoms with E-state index in [2.05, 4.69) is 26.1 Å². The van der Waals surface area contributed by atoms with Crippen LogP contribution in [0.3, 0.4) is 0 Å². The second-order valence-corrected chi connectivity index (χ2v) is 5.76. The molecule has 4 heteroatoms. The molecule has 2 saturated heterocycles. The smallest absolute Gasteiger partial charge is 0.408 e. The van der Waals surface area contributed by atoms with Crippen molar-refractivity contribution in [1.29, 1.82) is 0 Å². The topological polar surface area (TPSA) is 52.6 Å². The Kier molecular flexibility index (Phi) is 2.23. The van der Waals surface area contributed by atoms with Gasteiger partial charge in [-0.2, -0.15) is 0 Å². The highest BCUT2D eigenvalue weighted by molar-refractivity contribution is 5.68. The first-order valence-corrected chi connectivity index (χ1v) is 5.61. The fourth-order valence-corrected chi connectivity index (χ4v) is 3.16. The van der Waals surface area contributed by atoms with Crippen LogP contribution in [-0.4, -0.2) is 40.8 Å². The van der Waals surface area contributed by atoms with Gasteiger partial charge in [0.2, 0.25) is 0 Å². The highest BCUT2D eigenvalue weighted by Crippen LogP contribution is 2.47. The normalized spacial score (nSPS) is 35.7. The summed E-state index contributed by atoms with van der Waals surface area (Å²) in [5.41, 5.74) is -0.213. The molecule has 0 saturated carbocycles. The molecule has 2 heterocycles. The van der Waals surface area contributed by atoms with E-state index in [9.17, 15) is 9.90 Å². The van der Waals surface area contributed by atoms with Crippen molar-refractivity contribution >= 4 is 6.09 Å². The quantitative estimate of drug-likeness (QED) is 0.640. The summed E-state index contributed by atoms with van der Waals surface area (Å²) < 4.78 is 0. The first-order chi connectivity index (χ1) is 6.88. The molecule has 0 spiro atoms. The summed E-state index contributed by atoms with van der Waals surface area (Å²) in [6, 6.07) is 0.176. The van der Waals surface area contributed by atoms with Gasteiger partial charge in [0, 0.05) is 19.1 Å². The third-order valence-corrected chi connectivity index (χ3v) is 4.12. The number of fused-ring (bicyclic) bond motifs is 2. The number of nitrogens with zero attached hydrogens (tertiary/aromatic N) is 1. The van der Waals surface area contributed by atoms with Crippen molar-refractivity contribution in [3.8, 4) is 0 Å². The van der Waals surface area contributed by atoms with Gasteiger partial charge in [-0.15, -0.1) is 0 Å². The molecule has 2 N–H and O–H groups in total. The van der Waals surface area contributed by atoms with Crippen LogP contribution >= 0.6 is 0 Å². The van der Waals surface area contributed by atoms with Gasteiger partial charge in [0.15, 0.2) is 0 Å². The Morgan fingerprint density at radius 1 is 1.53 bits per heavy atom. The monoisotopic (exact) mass is 212 g/mol. The Labute approximate surface area is 90.6 Å². The van der Waals surface area contributed by atoms with E-state index in [1.54, 1.807) is 4.90 Å². The van der Waals surface area contributed by atoms with Crippen LogP contribution in [-0.2, 0) is 0 Å². The maximum absolute atomic E-state index is 11.4. The minimum absolute atomic E-state index is 0.00639. The van der Waals surface area contributed by atoms with Gasteiger partial charge >= 0.3 is 6.09 Å². The molecule has 2 bridgehead atoms. The fraction of sp³-hybridized carbons (Fsp3) is 0.909. The SMILES string of the molecule is CC(C)(C)C12CCC(CNC1)N2C(=O)O. The third-order valence-electron chi connectivity index (χ3n) is 4.12. The minimum Gasteiger partial charge on any atom is -0.465 e. The summed E-state index contributed by atoms with van der Waals surface area (Å²) in [6.45, 7) is 8.01. The first kappa shape index (κ1) is 10.7. The van der Waals surface area contributed by atoms with E-state index in [0.717, 1.165) is 25.9 Å². The standard InChI is InChI=1S/C11H20N2O2/c1-10(2,3)11-5-4-8(6-12-7-11)13(11)9(14)15/h8,12H,4-7H2,1-3H3,(H,14,15). The Balaban J connectivity index is 2.40. The Bertz CT molecular complexity index is 281. The Hall–Kier alpha value is -0.770. The van der Waals surface area contributed by atoms with Crippen LogP contribution in [0, 0.1) is 5.41 Å². The molecule has 0 aromatic carbocycles. The molecule has 2 aliphatic rings. The van der Waals surface area contributed by atoms with Gasteiger partial charge in [-0.1, -0.05) is 20.8 Å². The second-order valence-electron chi connectivity index (χ2n) is 5.76. The number of carbonyl (C=O) groups is 1. The summed E-state index contributed by atoms with van der Waals surface area (Å²) in [5.74, 6) is 0. The lowest BCUT2D eigenvalue weighted by Gasteiger charge is -2.51.